The lowest BCUT2D eigenvalue weighted by molar-refractivity contribution is 0.669. The second kappa shape index (κ2) is 6.63. The second-order valence-electron chi connectivity index (χ2n) is 4.15. The Morgan fingerprint density at radius 3 is 2.29 bits per heavy atom. The van der Waals surface area contributed by atoms with E-state index in [-0.39, 0.29) is 0 Å². The molecule has 0 aliphatic carbocycles. The van der Waals surface area contributed by atoms with Crippen molar-refractivity contribution in [1.29, 1.82) is 0 Å². The van der Waals surface area contributed by atoms with Crippen LogP contribution in [0.3, 0.4) is 0 Å². The molecular formula is C12H24N2. The van der Waals surface area contributed by atoms with Crippen LogP contribution in [0.5, 0.6) is 0 Å². The van der Waals surface area contributed by atoms with E-state index >= 15 is 0 Å². The number of nitrogens with zero attached hydrogens (tertiary/aromatic N) is 1. The molecule has 0 saturated heterocycles. The summed E-state index contributed by atoms with van der Waals surface area (Å²) in [7, 11) is 0. The van der Waals surface area contributed by atoms with E-state index in [0.717, 1.165) is 12.1 Å². The Labute approximate surface area is 88.5 Å². The smallest absolute Gasteiger partial charge is 0.0472 e. The van der Waals surface area contributed by atoms with Crippen molar-refractivity contribution in [1.82, 2.24) is 5.32 Å². The molecule has 0 amide bonds. The molecule has 82 valence electrons. The van der Waals surface area contributed by atoms with Crippen molar-refractivity contribution >= 4 is 5.71 Å². The summed E-state index contributed by atoms with van der Waals surface area (Å²) in [5.74, 6) is 0. The van der Waals surface area contributed by atoms with Gasteiger partial charge in [-0.05, 0) is 47.1 Å². The van der Waals surface area contributed by atoms with Crippen LogP contribution in [0.2, 0.25) is 0 Å². The van der Waals surface area contributed by atoms with E-state index in [4.69, 9.17) is 0 Å². The number of rotatable bonds is 5. The van der Waals surface area contributed by atoms with Gasteiger partial charge in [-0.3, -0.25) is 4.99 Å². The van der Waals surface area contributed by atoms with Gasteiger partial charge in [-0.25, -0.2) is 0 Å². The number of hydrogen-bond donors (Lipinski definition) is 1. The maximum atomic E-state index is 4.54. The average Bonchev–Trinajstić information content (AvgIpc) is 2.01. The highest BCUT2D eigenvalue weighted by atomic mass is 14.9. The third-order valence-electron chi connectivity index (χ3n) is 1.96. The van der Waals surface area contributed by atoms with Crippen LogP contribution in [0.15, 0.2) is 16.8 Å². The van der Waals surface area contributed by atoms with Crippen LogP contribution in [0, 0.1) is 0 Å². The van der Waals surface area contributed by atoms with E-state index in [9.17, 15) is 0 Å². The van der Waals surface area contributed by atoms with Crippen molar-refractivity contribution < 1.29 is 0 Å². The zero-order valence-corrected chi connectivity index (χ0v) is 10.4. The normalized spacial score (nSPS) is 15.9. The fraction of sp³-hybridized carbons (Fsp3) is 0.750. The van der Waals surface area contributed by atoms with Crippen molar-refractivity contribution in [2.24, 2.45) is 4.99 Å². The zero-order chi connectivity index (χ0) is 11.1. The molecule has 0 aromatic heterocycles. The molecule has 0 aliphatic rings. The molecule has 0 heterocycles. The Kier molecular flexibility index (Phi) is 6.26. The number of nitrogens with one attached hydrogen (secondary N) is 1. The topological polar surface area (TPSA) is 24.4 Å². The highest BCUT2D eigenvalue weighted by Crippen LogP contribution is 1.98. The fourth-order valence-electron chi connectivity index (χ4n) is 1.29. The van der Waals surface area contributed by atoms with Gasteiger partial charge in [0.1, 0.15) is 0 Å². The Morgan fingerprint density at radius 1 is 1.29 bits per heavy atom. The molecule has 0 aliphatic heterocycles. The van der Waals surface area contributed by atoms with Crippen LogP contribution >= 0.6 is 0 Å². The van der Waals surface area contributed by atoms with Gasteiger partial charge in [0.15, 0.2) is 0 Å². The molecule has 0 aromatic rings. The lowest BCUT2D eigenvalue weighted by atomic mass is 10.2. The molecule has 1 unspecified atom stereocenters. The summed E-state index contributed by atoms with van der Waals surface area (Å²) < 4.78 is 0. The molecule has 0 radical (unpaired) electrons. The van der Waals surface area contributed by atoms with Crippen LogP contribution in [0.25, 0.3) is 0 Å². The van der Waals surface area contributed by atoms with Crippen molar-refractivity contribution in [3.05, 3.63) is 11.8 Å². The van der Waals surface area contributed by atoms with Crippen molar-refractivity contribution in [2.45, 2.75) is 60.0 Å². The van der Waals surface area contributed by atoms with Gasteiger partial charge in [-0.2, -0.15) is 0 Å². The van der Waals surface area contributed by atoms with E-state index in [1.807, 2.05) is 0 Å². The van der Waals surface area contributed by atoms with Gasteiger partial charge in [0.05, 0.1) is 0 Å². The summed E-state index contributed by atoms with van der Waals surface area (Å²) in [4.78, 5) is 4.54. The van der Waals surface area contributed by atoms with Crippen LogP contribution in [0.4, 0.5) is 0 Å². The molecule has 1 N–H and O–H groups in total. The fourth-order valence-corrected chi connectivity index (χ4v) is 1.29. The minimum atomic E-state index is 0.429. The molecule has 1 atom stereocenters. The highest BCUT2D eigenvalue weighted by Gasteiger charge is 1.96. The van der Waals surface area contributed by atoms with E-state index < -0.39 is 0 Å². The standard InChI is InChI=1S/C12H24N2/c1-7-10(4)14-12(6)8-11(5)13-9(2)3/h8-10,13H,7H2,1-6H3. The van der Waals surface area contributed by atoms with Gasteiger partial charge in [0, 0.05) is 23.5 Å². The van der Waals surface area contributed by atoms with E-state index in [2.05, 4.69) is 57.9 Å². The largest absolute Gasteiger partial charge is 0.386 e. The summed E-state index contributed by atoms with van der Waals surface area (Å²) in [5, 5.41) is 3.35. The summed E-state index contributed by atoms with van der Waals surface area (Å²) in [5.41, 5.74) is 2.29. The Bertz CT molecular complexity index is 214. The van der Waals surface area contributed by atoms with E-state index in [0.29, 0.717) is 12.1 Å². The predicted molar refractivity (Wildman–Crippen MR) is 64.9 cm³/mol. The predicted octanol–water partition coefficient (Wildman–Crippen LogP) is 3.15. The summed E-state index contributed by atoms with van der Waals surface area (Å²) >= 11 is 0. The zero-order valence-electron chi connectivity index (χ0n) is 10.4. The monoisotopic (exact) mass is 196 g/mol. The quantitative estimate of drug-likeness (QED) is 0.671. The third kappa shape index (κ3) is 6.70. The van der Waals surface area contributed by atoms with Gasteiger partial charge in [0.2, 0.25) is 0 Å². The van der Waals surface area contributed by atoms with Gasteiger partial charge in [0.25, 0.3) is 0 Å². The number of aliphatic imine (C=N–C) groups is 1. The minimum Gasteiger partial charge on any atom is -0.386 e. The van der Waals surface area contributed by atoms with Crippen molar-refractivity contribution in [2.75, 3.05) is 0 Å². The van der Waals surface area contributed by atoms with Crippen molar-refractivity contribution in [3.63, 3.8) is 0 Å². The number of allylic oxidation sites excluding steroid dienone is 2. The maximum Gasteiger partial charge on any atom is 0.0472 e. The number of hydrogen-bond acceptors (Lipinski definition) is 2. The first-order chi connectivity index (χ1) is 6.45. The lowest BCUT2D eigenvalue weighted by Gasteiger charge is -2.10. The Hall–Kier alpha value is -0.790. The summed E-state index contributed by atoms with van der Waals surface area (Å²) in [6.07, 6.45) is 3.20. The molecule has 0 aromatic carbocycles. The maximum absolute atomic E-state index is 4.54. The molecule has 2 heteroatoms. The second-order valence-corrected chi connectivity index (χ2v) is 4.15. The van der Waals surface area contributed by atoms with Crippen LogP contribution in [-0.4, -0.2) is 17.8 Å². The first-order valence-electron chi connectivity index (χ1n) is 5.45. The van der Waals surface area contributed by atoms with Crippen LogP contribution in [-0.2, 0) is 0 Å². The first-order valence-corrected chi connectivity index (χ1v) is 5.45. The minimum absolute atomic E-state index is 0.429. The molecule has 14 heavy (non-hydrogen) atoms. The summed E-state index contributed by atoms with van der Waals surface area (Å²) in [6.45, 7) is 12.7. The SMILES string of the molecule is CCC(C)N=C(C)C=C(C)NC(C)C. The molecule has 2 nitrogen and oxygen atoms in total. The van der Waals surface area contributed by atoms with Crippen LogP contribution < -0.4 is 5.32 Å². The Balaban J connectivity index is 4.26. The highest BCUT2D eigenvalue weighted by molar-refractivity contribution is 5.93. The molecule has 0 bridgehead atoms. The molecular weight excluding hydrogens is 172 g/mol. The average molecular weight is 196 g/mol. The third-order valence-corrected chi connectivity index (χ3v) is 1.96. The first kappa shape index (κ1) is 13.2. The summed E-state index contributed by atoms with van der Waals surface area (Å²) in [6, 6.07) is 0.917. The Morgan fingerprint density at radius 2 is 1.86 bits per heavy atom. The van der Waals surface area contributed by atoms with Crippen LogP contribution in [0.1, 0.15) is 48.0 Å². The lowest BCUT2D eigenvalue weighted by Crippen LogP contribution is -2.20. The van der Waals surface area contributed by atoms with Gasteiger partial charge < -0.3 is 5.32 Å². The van der Waals surface area contributed by atoms with E-state index in [1.165, 1.54) is 5.70 Å². The van der Waals surface area contributed by atoms with E-state index in [1.54, 1.807) is 0 Å². The van der Waals surface area contributed by atoms with Crippen molar-refractivity contribution in [3.8, 4) is 0 Å². The molecule has 0 rings (SSSR count). The molecule has 0 saturated carbocycles. The molecule has 0 spiro atoms. The van der Waals surface area contributed by atoms with Gasteiger partial charge >= 0.3 is 0 Å². The van der Waals surface area contributed by atoms with Gasteiger partial charge in [-0.15, -0.1) is 0 Å². The molecule has 0 fully saturated rings. The van der Waals surface area contributed by atoms with Gasteiger partial charge in [-0.1, -0.05) is 6.92 Å².